The lowest BCUT2D eigenvalue weighted by atomic mass is 9.60. The summed E-state index contributed by atoms with van der Waals surface area (Å²) in [6, 6.07) is 0. The number of hydrogen-bond donors (Lipinski definition) is 3. The molecule has 3 N–H and O–H groups in total. The average molecular weight is 501 g/mol. The van der Waals surface area contributed by atoms with Crippen molar-refractivity contribution in [2.24, 2.45) is 29.1 Å². The van der Waals surface area contributed by atoms with Crippen LogP contribution in [0.3, 0.4) is 0 Å². The van der Waals surface area contributed by atoms with Crippen LogP contribution in [-0.2, 0) is 0 Å². The van der Waals surface area contributed by atoms with Crippen molar-refractivity contribution in [2.75, 3.05) is 0 Å². The molecule has 7 atom stereocenters. The molecule has 0 heterocycles. The normalized spacial score (nSPS) is 36.4. The van der Waals surface area contributed by atoms with Crippen LogP contribution < -0.4 is 0 Å². The molecule has 0 bridgehead atoms. The molecule has 3 rings (SSSR count). The zero-order valence-corrected chi connectivity index (χ0v) is 24.1. The summed E-state index contributed by atoms with van der Waals surface area (Å²) in [5, 5.41) is 31.9. The molecule has 0 aliphatic heterocycles. The standard InChI is InChI=1S/C33H56O3/c1-7-8-9-10-15-27-30(34)22-26(24(3)31(27)35)17-16-25-14-12-21-33(6)28(18-19-29(25)33)23(2)13-11-20-32(4,5)36/h16-17,23,27-31,34-36H,3,7-15,18-22H2,1-2,4-6H3/b25-16+,26-17-/t23-,27-,28-,29+,30-,31-,33-/m1/s1. The molecule has 3 nitrogen and oxygen atoms in total. The molecule has 3 aliphatic carbocycles. The van der Waals surface area contributed by atoms with E-state index in [2.05, 4.69) is 39.5 Å². The van der Waals surface area contributed by atoms with E-state index in [1.807, 2.05) is 13.8 Å². The Kier molecular flexibility index (Phi) is 10.5. The van der Waals surface area contributed by atoms with Crippen LogP contribution in [0.25, 0.3) is 0 Å². The Bertz CT molecular complexity index is 787. The van der Waals surface area contributed by atoms with E-state index in [4.69, 9.17) is 0 Å². The number of unbranched alkanes of at least 4 members (excludes halogenated alkanes) is 3. The predicted molar refractivity (Wildman–Crippen MR) is 152 cm³/mol. The molecule has 0 unspecified atom stereocenters. The van der Waals surface area contributed by atoms with Gasteiger partial charge in [0.1, 0.15) is 0 Å². The largest absolute Gasteiger partial charge is 0.392 e. The van der Waals surface area contributed by atoms with E-state index in [1.54, 1.807) is 5.57 Å². The summed E-state index contributed by atoms with van der Waals surface area (Å²) in [6.45, 7) is 15.3. The number of hydrogen-bond acceptors (Lipinski definition) is 3. The molecule has 0 aromatic rings. The smallest absolute Gasteiger partial charge is 0.0839 e. The second-order valence-corrected chi connectivity index (χ2v) is 13.5. The zero-order chi connectivity index (χ0) is 26.5. The Labute approximate surface area is 222 Å². The van der Waals surface area contributed by atoms with Gasteiger partial charge in [-0.25, -0.2) is 0 Å². The maximum Gasteiger partial charge on any atom is 0.0839 e. The lowest BCUT2D eigenvalue weighted by Crippen LogP contribution is -2.38. The van der Waals surface area contributed by atoms with Gasteiger partial charge in [0.15, 0.2) is 0 Å². The number of aliphatic hydroxyl groups is 3. The molecule has 0 amide bonds. The van der Waals surface area contributed by atoms with Crippen molar-refractivity contribution in [3.05, 3.63) is 35.5 Å². The van der Waals surface area contributed by atoms with Crippen LogP contribution in [0.2, 0.25) is 0 Å². The molecular formula is C33H56O3. The predicted octanol–water partition coefficient (Wildman–Crippen LogP) is 7.90. The van der Waals surface area contributed by atoms with Crippen molar-refractivity contribution in [1.29, 1.82) is 0 Å². The Balaban J connectivity index is 1.65. The molecule has 3 saturated carbocycles. The number of aliphatic hydroxyl groups excluding tert-OH is 2. The van der Waals surface area contributed by atoms with Crippen LogP contribution in [0.4, 0.5) is 0 Å². The van der Waals surface area contributed by atoms with Crippen molar-refractivity contribution >= 4 is 0 Å². The first-order valence-electron chi connectivity index (χ1n) is 15.1. The van der Waals surface area contributed by atoms with Crippen LogP contribution in [0, 0.1) is 29.1 Å². The van der Waals surface area contributed by atoms with Crippen molar-refractivity contribution in [3.63, 3.8) is 0 Å². The van der Waals surface area contributed by atoms with Gasteiger partial charge in [0.2, 0.25) is 0 Å². The molecule has 3 aliphatic rings. The monoisotopic (exact) mass is 500 g/mol. The first-order valence-corrected chi connectivity index (χ1v) is 15.1. The minimum Gasteiger partial charge on any atom is -0.392 e. The maximum atomic E-state index is 10.9. The topological polar surface area (TPSA) is 60.7 Å². The van der Waals surface area contributed by atoms with Gasteiger partial charge in [-0.2, -0.15) is 0 Å². The Hall–Kier alpha value is -0.900. The van der Waals surface area contributed by atoms with Gasteiger partial charge in [-0.3, -0.25) is 0 Å². The van der Waals surface area contributed by atoms with Gasteiger partial charge in [-0.05, 0) is 99.5 Å². The van der Waals surface area contributed by atoms with Crippen molar-refractivity contribution < 1.29 is 15.3 Å². The molecule has 206 valence electrons. The Morgan fingerprint density at radius 1 is 1.11 bits per heavy atom. The fourth-order valence-corrected chi connectivity index (χ4v) is 7.98. The van der Waals surface area contributed by atoms with E-state index in [1.165, 1.54) is 57.8 Å². The molecule has 36 heavy (non-hydrogen) atoms. The fraction of sp³-hybridized carbons (Fsp3) is 0.818. The molecule has 0 aromatic carbocycles. The lowest BCUT2D eigenvalue weighted by Gasteiger charge is -2.44. The summed E-state index contributed by atoms with van der Waals surface area (Å²) in [7, 11) is 0. The molecule has 3 fully saturated rings. The van der Waals surface area contributed by atoms with Crippen LogP contribution in [0.15, 0.2) is 35.5 Å². The molecular weight excluding hydrogens is 444 g/mol. The van der Waals surface area contributed by atoms with Crippen molar-refractivity contribution in [3.8, 4) is 0 Å². The van der Waals surface area contributed by atoms with E-state index in [0.29, 0.717) is 23.7 Å². The van der Waals surface area contributed by atoms with E-state index in [0.717, 1.165) is 42.7 Å². The van der Waals surface area contributed by atoms with Gasteiger partial charge in [0.25, 0.3) is 0 Å². The molecule has 0 spiro atoms. The van der Waals surface area contributed by atoms with Gasteiger partial charge >= 0.3 is 0 Å². The van der Waals surface area contributed by atoms with E-state index < -0.39 is 17.8 Å². The Morgan fingerprint density at radius 2 is 1.86 bits per heavy atom. The van der Waals surface area contributed by atoms with Gasteiger partial charge < -0.3 is 15.3 Å². The van der Waals surface area contributed by atoms with Crippen LogP contribution in [0.5, 0.6) is 0 Å². The van der Waals surface area contributed by atoms with Crippen molar-refractivity contribution in [2.45, 2.75) is 142 Å². The third-order valence-electron chi connectivity index (χ3n) is 10.2. The summed E-state index contributed by atoms with van der Waals surface area (Å²) >= 11 is 0. The summed E-state index contributed by atoms with van der Waals surface area (Å²) in [4.78, 5) is 0. The highest BCUT2D eigenvalue weighted by molar-refractivity contribution is 5.39. The summed E-state index contributed by atoms with van der Waals surface area (Å²) in [5.74, 6) is 2.01. The SMILES string of the molecule is C=C1/C(=C\C=C2/CCC[C@]3(C)[C@@H]([C@H](C)CCCC(C)(C)O)CC[C@@H]23)C[C@@H](O)[C@@H](CCCCCC)[C@@H]1O. The van der Waals surface area contributed by atoms with Gasteiger partial charge in [0, 0.05) is 5.92 Å². The number of fused-ring (bicyclic) bond motifs is 1. The number of rotatable bonds is 11. The average Bonchev–Trinajstić information content (AvgIpc) is 3.16. The first-order chi connectivity index (χ1) is 17.0. The summed E-state index contributed by atoms with van der Waals surface area (Å²) < 4.78 is 0. The minimum atomic E-state index is -0.628. The quantitative estimate of drug-likeness (QED) is 0.253. The van der Waals surface area contributed by atoms with Gasteiger partial charge in [0.05, 0.1) is 17.8 Å². The molecule has 0 radical (unpaired) electrons. The maximum absolute atomic E-state index is 10.9. The third kappa shape index (κ3) is 7.14. The molecule has 3 heteroatoms. The van der Waals surface area contributed by atoms with E-state index >= 15 is 0 Å². The Morgan fingerprint density at radius 3 is 2.56 bits per heavy atom. The van der Waals surface area contributed by atoms with Gasteiger partial charge in [-0.15, -0.1) is 0 Å². The minimum absolute atomic E-state index is 0.0781. The van der Waals surface area contributed by atoms with Crippen LogP contribution in [-0.4, -0.2) is 33.1 Å². The highest BCUT2D eigenvalue weighted by atomic mass is 16.3. The molecule has 0 aromatic heterocycles. The highest BCUT2D eigenvalue weighted by Gasteiger charge is 2.50. The van der Waals surface area contributed by atoms with Crippen LogP contribution >= 0.6 is 0 Å². The number of allylic oxidation sites excluding steroid dienone is 3. The van der Waals surface area contributed by atoms with E-state index in [-0.39, 0.29) is 5.92 Å². The highest BCUT2D eigenvalue weighted by Crippen LogP contribution is 2.60. The zero-order valence-electron chi connectivity index (χ0n) is 24.1. The summed E-state index contributed by atoms with van der Waals surface area (Å²) in [5.41, 5.74) is 3.23. The summed E-state index contributed by atoms with van der Waals surface area (Å²) in [6.07, 6.45) is 19.1. The second kappa shape index (κ2) is 12.8. The van der Waals surface area contributed by atoms with E-state index in [9.17, 15) is 15.3 Å². The van der Waals surface area contributed by atoms with Gasteiger partial charge in [-0.1, -0.05) is 83.6 Å². The fourth-order valence-electron chi connectivity index (χ4n) is 7.98. The third-order valence-corrected chi connectivity index (χ3v) is 10.2. The van der Waals surface area contributed by atoms with Crippen molar-refractivity contribution in [1.82, 2.24) is 0 Å². The lowest BCUT2D eigenvalue weighted by molar-refractivity contribution is 0.0129. The first kappa shape index (κ1) is 29.7. The van der Waals surface area contributed by atoms with Crippen LogP contribution in [0.1, 0.15) is 125 Å². The molecule has 0 saturated heterocycles. The second-order valence-electron chi connectivity index (χ2n) is 13.5.